The van der Waals surface area contributed by atoms with E-state index in [1.165, 1.54) is 11.5 Å². The van der Waals surface area contributed by atoms with E-state index in [-0.39, 0.29) is 0 Å². The average Bonchev–Trinajstić information content (AvgIpc) is 2.59. The number of nitrogens with two attached hydrogens (primary N) is 1. The zero-order chi connectivity index (χ0) is 11.4. The van der Waals surface area contributed by atoms with Gasteiger partial charge in [0.05, 0.1) is 6.61 Å². The Morgan fingerprint density at radius 3 is 2.73 bits per heavy atom. The van der Waals surface area contributed by atoms with Gasteiger partial charge in [-0.15, -0.1) is 0 Å². The first-order chi connectivity index (χ1) is 7.11. The van der Waals surface area contributed by atoms with E-state index in [2.05, 4.69) is 23.1 Å². The summed E-state index contributed by atoms with van der Waals surface area (Å²) in [4.78, 5) is 2.17. The number of rotatable bonds is 5. The summed E-state index contributed by atoms with van der Waals surface area (Å²) >= 11 is 1.39. The number of hydrogen-bond acceptors (Lipinski definition) is 5. The van der Waals surface area contributed by atoms with Crippen LogP contribution in [0.15, 0.2) is 0 Å². The Morgan fingerprint density at radius 1 is 1.53 bits per heavy atom. The van der Waals surface area contributed by atoms with E-state index in [1.54, 1.807) is 0 Å². The van der Waals surface area contributed by atoms with Crippen LogP contribution in [0.3, 0.4) is 0 Å². The molecule has 0 aliphatic rings. The Balaban J connectivity index is 2.92. The first-order valence-electron chi connectivity index (χ1n) is 5.22. The zero-order valence-electron chi connectivity index (χ0n) is 9.78. The van der Waals surface area contributed by atoms with E-state index < -0.39 is 0 Å². The molecule has 1 aromatic heterocycles. The Morgan fingerprint density at radius 2 is 2.20 bits per heavy atom. The molecule has 0 aromatic carbocycles. The van der Waals surface area contributed by atoms with E-state index in [1.807, 2.05) is 14.0 Å². The van der Waals surface area contributed by atoms with E-state index >= 15 is 0 Å². The molecule has 0 saturated heterocycles. The second-order valence-corrected chi connectivity index (χ2v) is 4.26. The van der Waals surface area contributed by atoms with Crippen molar-refractivity contribution in [2.75, 3.05) is 24.3 Å². The lowest BCUT2D eigenvalue weighted by Gasteiger charge is -2.24. The van der Waals surface area contributed by atoms with Crippen LogP contribution in [-0.2, 0) is 0 Å². The minimum absolute atomic E-state index is 0.462. The van der Waals surface area contributed by atoms with Crippen LogP contribution in [0.2, 0.25) is 0 Å². The van der Waals surface area contributed by atoms with E-state index in [0.717, 1.165) is 17.2 Å². The Hall–Kier alpha value is -0.970. The standard InChI is InChI=1S/C10H19N3OS/c1-5-7(3)13(4)10-8(14-6-2)9(11)12-15-10/h7H,5-6H2,1-4H3,(H2,11,12). The third kappa shape index (κ3) is 2.53. The van der Waals surface area contributed by atoms with E-state index in [4.69, 9.17) is 10.5 Å². The number of ether oxygens (including phenoxy) is 1. The second-order valence-electron chi connectivity index (χ2n) is 3.50. The first kappa shape index (κ1) is 12.1. The number of nitrogen functional groups attached to an aromatic ring is 1. The average molecular weight is 229 g/mol. The maximum absolute atomic E-state index is 5.75. The smallest absolute Gasteiger partial charge is 0.197 e. The van der Waals surface area contributed by atoms with Gasteiger partial charge in [-0.05, 0) is 31.8 Å². The maximum atomic E-state index is 5.75. The van der Waals surface area contributed by atoms with Gasteiger partial charge in [0.1, 0.15) is 0 Å². The van der Waals surface area contributed by atoms with Crippen molar-refractivity contribution in [3.8, 4) is 5.75 Å². The molecule has 0 bridgehead atoms. The fourth-order valence-corrected chi connectivity index (χ4v) is 2.09. The molecule has 15 heavy (non-hydrogen) atoms. The van der Waals surface area contributed by atoms with Crippen molar-refractivity contribution in [1.29, 1.82) is 0 Å². The molecule has 2 N–H and O–H groups in total. The first-order valence-corrected chi connectivity index (χ1v) is 5.99. The van der Waals surface area contributed by atoms with Crippen molar-refractivity contribution in [2.45, 2.75) is 33.2 Å². The molecule has 0 amide bonds. The van der Waals surface area contributed by atoms with Gasteiger partial charge in [0, 0.05) is 13.1 Å². The summed E-state index contributed by atoms with van der Waals surface area (Å²) in [5.41, 5.74) is 5.75. The van der Waals surface area contributed by atoms with Gasteiger partial charge in [-0.25, -0.2) is 0 Å². The molecular weight excluding hydrogens is 210 g/mol. The highest BCUT2D eigenvalue weighted by molar-refractivity contribution is 7.11. The molecule has 1 unspecified atom stereocenters. The van der Waals surface area contributed by atoms with Crippen LogP contribution in [0.25, 0.3) is 0 Å². The lowest BCUT2D eigenvalue weighted by atomic mass is 10.2. The van der Waals surface area contributed by atoms with Crippen LogP contribution in [0, 0.1) is 0 Å². The van der Waals surface area contributed by atoms with Crippen LogP contribution in [-0.4, -0.2) is 24.1 Å². The van der Waals surface area contributed by atoms with Gasteiger partial charge < -0.3 is 15.4 Å². The number of aromatic nitrogens is 1. The minimum atomic E-state index is 0.462. The quantitative estimate of drug-likeness (QED) is 0.842. The van der Waals surface area contributed by atoms with Gasteiger partial charge in [0.2, 0.25) is 0 Å². The molecule has 5 heteroatoms. The number of anilines is 2. The van der Waals surface area contributed by atoms with E-state index in [9.17, 15) is 0 Å². The van der Waals surface area contributed by atoms with Gasteiger partial charge in [0.15, 0.2) is 16.6 Å². The van der Waals surface area contributed by atoms with Crippen LogP contribution in [0.5, 0.6) is 5.75 Å². The van der Waals surface area contributed by atoms with Crippen LogP contribution >= 0.6 is 11.5 Å². The van der Waals surface area contributed by atoms with Gasteiger partial charge in [-0.3, -0.25) is 0 Å². The molecule has 4 nitrogen and oxygen atoms in total. The molecule has 0 fully saturated rings. The highest BCUT2D eigenvalue weighted by atomic mass is 32.1. The molecule has 0 saturated carbocycles. The largest absolute Gasteiger partial charge is 0.487 e. The van der Waals surface area contributed by atoms with Crippen LogP contribution in [0.4, 0.5) is 10.8 Å². The van der Waals surface area contributed by atoms with Gasteiger partial charge in [-0.2, -0.15) is 4.37 Å². The van der Waals surface area contributed by atoms with Crippen molar-refractivity contribution in [2.24, 2.45) is 0 Å². The topological polar surface area (TPSA) is 51.4 Å². The molecule has 0 aliphatic carbocycles. The molecule has 1 aromatic rings. The minimum Gasteiger partial charge on any atom is -0.487 e. The summed E-state index contributed by atoms with van der Waals surface area (Å²) in [5.74, 6) is 1.22. The molecule has 0 aliphatic heterocycles. The summed E-state index contributed by atoms with van der Waals surface area (Å²) in [5, 5.41) is 1.02. The van der Waals surface area contributed by atoms with Crippen LogP contribution in [0.1, 0.15) is 27.2 Å². The summed E-state index contributed by atoms with van der Waals surface area (Å²) in [7, 11) is 2.05. The Labute approximate surface area is 95.2 Å². The van der Waals surface area contributed by atoms with Crippen molar-refractivity contribution in [3.63, 3.8) is 0 Å². The van der Waals surface area contributed by atoms with Gasteiger partial charge in [0.25, 0.3) is 0 Å². The molecule has 1 rings (SSSR count). The number of nitrogens with zero attached hydrogens (tertiary/aromatic N) is 2. The maximum Gasteiger partial charge on any atom is 0.197 e. The highest BCUT2D eigenvalue weighted by Crippen LogP contribution is 2.38. The summed E-state index contributed by atoms with van der Waals surface area (Å²) in [6.07, 6.45) is 1.08. The summed E-state index contributed by atoms with van der Waals surface area (Å²) in [6.45, 7) is 6.89. The molecule has 86 valence electrons. The predicted molar refractivity (Wildman–Crippen MR) is 65.9 cm³/mol. The SMILES string of the molecule is CCOc1c(N)nsc1N(C)C(C)CC. The van der Waals surface area contributed by atoms with Crippen molar-refractivity contribution < 1.29 is 4.74 Å². The zero-order valence-corrected chi connectivity index (χ0v) is 10.6. The van der Waals surface area contributed by atoms with Gasteiger partial charge >= 0.3 is 0 Å². The fraction of sp³-hybridized carbons (Fsp3) is 0.700. The van der Waals surface area contributed by atoms with Gasteiger partial charge in [-0.1, -0.05) is 6.92 Å². The molecule has 1 atom stereocenters. The monoisotopic (exact) mass is 229 g/mol. The summed E-state index contributed by atoms with van der Waals surface area (Å²) in [6, 6.07) is 0.462. The normalized spacial score (nSPS) is 12.5. The van der Waals surface area contributed by atoms with Crippen molar-refractivity contribution >= 4 is 22.4 Å². The summed E-state index contributed by atoms with van der Waals surface area (Å²) < 4.78 is 9.63. The fourth-order valence-electron chi connectivity index (χ4n) is 1.26. The van der Waals surface area contributed by atoms with Crippen LogP contribution < -0.4 is 15.4 Å². The van der Waals surface area contributed by atoms with Crippen molar-refractivity contribution in [3.05, 3.63) is 0 Å². The lowest BCUT2D eigenvalue weighted by molar-refractivity contribution is 0.342. The molecule has 1 heterocycles. The third-order valence-electron chi connectivity index (χ3n) is 2.52. The number of hydrogen-bond donors (Lipinski definition) is 1. The van der Waals surface area contributed by atoms with E-state index in [0.29, 0.717) is 18.5 Å². The Bertz CT molecular complexity index is 314. The lowest BCUT2D eigenvalue weighted by Crippen LogP contribution is -2.27. The Kier molecular flexibility index (Phi) is 4.20. The third-order valence-corrected chi connectivity index (χ3v) is 3.45. The highest BCUT2D eigenvalue weighted by Gasteiger charge is 2.19. The second kappa shape index (κ2) is 5.21. The molecular formula is C10H19N3OS. The molecule has 0 spiro atoms. The predicted octanol–water partition coefficient (Wildman–Crippen LogP) is 2.36. The molecule has 0 radical (unpaired) electrons. The van der Waals surface area contributed by atoms with Crippen molar-refractivity contribution in [1.82, 2.24) is 4.37 Å².